The molecule has 4 heteroatoms. The van der Waals surface area contributed by atoms with E-state index in [2.05, 4.69) is 15.2 Å². The summed E-state index contributed by atoms with van der Waals surface area (Å²) in [7, 11) is 0. The summed E-state index contributed by atoms with van der Waals surface area (Å²) in [6.07, 6.45) is 0.738. The normalized spacial score (nSPS) is 10.4. The quantitative estimate of drug-likeness (QED) is 0.822. The van der Waals surface area contributed by atoms with Crippen molar-refractivity contribution in [3.05, 3.63) is 46.5 Å². The highest BCUT2D eigenvalue weighted by atomic mass is 35.5. The summed E-state index contributed by atoms with van der Waals surface area (Å²) >= 11 is 5.78. The third-order valence-corrected chi connectivity index (χ3v) is 2.17. The van der Waals surface area contributed by atoms with Crippen LogP contribution in [0, 0.1) is 6.92 Å². The van der Waals surface area contributed by atoms with Gasteiger partial charge in [0.1, 0.15) is 5.82 Å². The van der Waals surface area contributed by atoms with E-state index < -0.39 is 0 Å². The molecular formula is C10H10ClN3. The van der Waals surface area contributed by atoms with Gasteiger partial charge in [0.25, 0.3) is 0 Å². The number of aryl methyl sites for hydroxylation is 1. The van der Waals surface area contributed by atoms with Crippen LogP contribution < -0.4 is 0 Å². The zero-order chi connectivity index (χ0) is 9.97. The number of hydrogen-bond acceptors (Lipinski definition) is 2. The lowest BCUT2D eigenvalue weighted by Crippen LogP contribution is -1.90. The van der Waals surface area contributed by atoms with Crippen LogP contribution in [0.25, 0.3) is 0 Å². The Morgan fingerprint density at radius 1 is 1.29 bits per heavy atom. The van der Waals surface area contributed by atoms with E-state index in [0.29, 0.717) is 0 Å². The van der Waals surface area contributed by atoms with Gasteiger partial charge < -0.3 is 0 Å². The van der Waals surface area contributed by atoms with Gasteiger partial charge >= 0.3 is 0 Å². The zero-order valence-electron chi connectivity index (χ0n) is 7.79. The van der Waals surface area contributed by atoms with Crippen LogP contribution in [0.1, 0.15) is 17.2 Å². The van der Waals surface area contributed by atoms with E-state index in [1.54, 1.807) is 0 Å². The van der Waals surface area contributed by atoms with Crippen molar-refractivity contribution in [2.75, 3.05) is 0 Å². The molecule has 14 heavy (non-hydrogen) atoms. The van der Waals surface area contributed by atoms with Gasteiger partial charge in [0, 0.05) is 11.4 Å². The summed E-state index contributed by atoms with van der Waals surface area (Å²) in [5.74, 6) is 1.65. The second-order valence-electron chi connectivity index (χ2n) is 3.14. The van der Waals surface area contributed by atoms with E-state index >= 15 is 0 Å². The molecule has 0 spiro atoms. The van der Waals surface area contributed by atoms with E-state index in [1.807, 2.05) is 31.2 Å². The minimum absolute atomic E-state index is 0.738. The van der Waals surface area contributed by atoms with Crippen molar-refractivity contribution in [1.82, 2.24) is 15.2 Å². The van der Waals surface area contributed by atoms with Gasteiger partial charge in [-0.15, -0.1) is 0 Å². The average Bonchev–Trinajstić information content (AvgIpc) is 2.56. The summed E-state index contributed by atoms with van der Waals surface area (Å²) < 4.78 is 0. The minimum Gasteiger partial charge on any atom is -0.263 e. The minimum atomic E-state index is 0.738. The molecule has 72 valence electrons. The standard InChI is InChI=1S/C10H10ClN3/c1-7-12-10(14-13-7)6-8-2-4-9(11)5-3-8/h2-5H,6H2,1H3,(H,12,13,14). The maximum Gasteiger partial charge on any atom is 0.155 e. The topological polar surface area (TPSA) is 41.6 Å². The van der Waals surface area contributed by atoms with Crippen LogP contribution in [0.4, 0.5) is 0 Å². The fourth-order valence-electron chi connectivity index (χ4n) is 1.25. The van der Waals surface area contributed by atoms with Crippen molar-refractivity contribution in [2.45, 2.75) is 13.3 Å². The van der Waals surface area contributed by atoms with Crippen molar-refractivity contribution in [3.8, 4) is 0 Å². The van der Waals surface area contributed by atoms with Gasteiger partial charge in [-0.3, -0.25) is 5.10 Å². The Balaban J connectivity index is 2.15. The first-order chi connectivity index (χ1) is 6.74. The van der Waals surface area contributed by atoms with Gasteiger partial charge in [0.15, 0.2) is 5.82 Å². The lowest BCUT2D eigenvalue weighted by molar-refractivity contribution is 0.969. The predicted octanol–water partition coefficient (Wildman–Crippen LogP) is 2.36. The van der Waals surface area contributed by atoms with E-state index in [9.17, 15) is 0 Å². The number of aromatic nitrogens is 3. The highest BCUT2D eigenvalue weighted by Gasteiger charge is 2.01. The molecule has 0 saturated heterocycles. The summed E-state index contributed by atoms with van der Waals surface area (Å²) in [5, 5.41) is 7.63. The summed E-state index contributed by atoms with van der Waals surface area (Å²) in [6.45, 7) is 1.89. The third kappa shape index (κ3) is 2.12. The summed E-state index contributed by atoms with van der Waals surface area (Å²) in [5.41, 5.74) is 1.16. The van der Waals surface area contributed by atoms with Crippen LogP contribution in [0.2, 0.25) is 5.02 Å². The molecule has 0 amide bonds. The molecule has 2 aromatic rings. The van der Waals surface area contributed by atoms with Crippen LogP contribution in [0.15, 0.2) is 24.3 Å². The number of nitrogens with zero attached hydrogens (tertiary/aromatic N) is 2. The van der Waals surface area contributed by atoms with Crippen molar-refractivity contribution >= 4 is 11.6 Å². The van der Waals surface area contributed by atoms with Crippen LogP contribution in [0.5, 0.6) is 0 Å². The first kappa shape index (κ1) is 9.21. The fraction of sp³-hybridized carbons (Fsp3) is 0.200. The van der Waals surface area contributed by atoms with Gasteiger partial charge in [-0.25, -0.2) is 4.98 Å². The molecule has 1 N–H and O–H groups in total. The van der Waals surface area contributed by atoms with E-state index in [-0.39, 0.29) is 0 Å². The largest absolute Gasteiger partial charge is 0.263 e. The average molecular weight is 208 g/mol. The highest BCUT2D eigenvalue weighted by Crippen LogP contribution is 2.11. The van der Waals surface area contributed by atoms with Crippen molar-refractivity contribution in [1.29, 1.82) is 0 Å². The maximum absolute atomic E-state index is 5.78. The lowest BCUT2D eigenvalue weighted by atomic mass is 10.1. The van der Waals surface area contributed by atoms with E-state index in [0.717, 1.165) is 28.7 Å². The Kier molecular flexibility index (Phi) is 2.50. The van der Waals surface area contributed by atoms with Crippen LogP contribution >= 0.6 is 11.6 Å². The Hall–Kier alpha value is -1.35. The first-order valence-electron chi connectivity index (χ1n) is 4.36. The second kappa shape index (κ2) is 3.80. The Morgan fingerprint density at radius 2 is 2.00 bits per heavy atom. The first-order valence-corrected chi connectivity index (χ1v) is 4.74. The monoisotopic (exact) mass is 207 g/mol. The number of aromatic amines is 1. The molecular weight excluding hydrogens is 198 g/mol. The van der Waals surface area contributed by atoms with Gasteiger partial charge in [-0.2, -0.15) is 5.10 Å². The number of benzene rings is 1. The molecule has 0 radical (unpaired) electrons. The molecule has 0 bridgehead atoms. The number of halogens is 1. The second-order valence-corrected chi connectivity index (χ2v) is 3.58. The molecule has 2 rings (SSSR count). The SMILES string of the molecule is Cc1nc(Cc2ccc(Cl)cc2)n[nH]1. The fourth-order valence-corrected chi connectivity index (χ4v) is 1.38. The zero-order valence-corrected chi connectivity index (χ0v) is 8.54. The van der Waals surface area contributed by atoms with Crippen molar-refractivity contribution < 1.29 is 0 Å². The van der Waals surface area contributed by atoms with Crippen molar-refractivity contribution in [3.63, 3.8) is 0 Å². The van der Waals surface area contributed by atoms with E-state index in [1.165, 1.54) is 0 Å². The summed E-state index contributed by atoms with van der Waals surface area (Å²) in [4.78, 5) is 4.23. The Bertz CT molecular complexity index is 419. The molecule has 1 aromatic heterocycles. The number of hydrogen-bond donors (Lipinski definition) is 1. The van der Waals surface area contributed by atoms with Gasteiger partial charge in [-0.1, -0.05) is 23.7 Å². The number of H-pyrrole nitrogens is 1. The van der Waals surface area contributed by atoms with Crippen molar-refractivity contribution in [2.24, 2.45) is 0 Å². The molecule has 3 nitrogen and oxygen atoms in total. The molecule has 0 unspecified atom stereocenters. The molecule has 0 aliphatic carbocycles. The highest BCUT2D eigenvalue weighted by molar-refractivity contribution is 6.30. The Morgan fingerprint density at radius 3 is 2.57 bits per heavy atom. The van der Waals surface area contributed by atoms with Crippen LogP contribution in [0.3, 0.4) is 0 Å². The molecule has 0 fully saturated rings. The van der Waals surface area contributed by atoms with E-state index in [4.69, 9.17) is 11.6 Å². The number of nitrogens with one attached hydrogen (secondary N) is 1. The third-order valence-electron chi connectivity index (χ3n) is 1.92. The molecule has 0 aliphatic rings. The maximum atomic E-state index is 5.78. The predicted molar refractivity (Wildman–Crippen MR) is 55.4 cm³/mol. The van der Waals surface area contributed by atoms with Gasteiger partial charge in [0.05, 0.1) is 0 Å². The molecule has 0 saturated carbocycles. The van der Waals surface area contributed by atoms with Crippen LogP contribution in [-0.4, -0.2) is 15.2 Å². The molecule has 0 atom stereocenters. The molecule has 1 aromatic carbocycles. The van der Waals surface area contributed by atoms with Gasteiger partial charge in [0.2, 0.25) is 0 Å². The lowest BCUT2D eigenvalue weighted by Gasteiger charge is -1.96. The Labute approximate surface area is 87.1 Å². The summed E-state index contributed by atoms with van der Waals surface area (Å²) in [6, 6.07) is 7.70. The smallest absolute Gasteiger partial charge is 0.155 e. The van der Waals surface area contributed by atoms with Crippen LogP contribution in [-0.2, 0) is 6.42 Å². The molecule has 0 aliphatic heterocycles. The van der Waals surface area contributed by atoms with Gasteiger partial charge in [-0.05, 0) is 24.6 Å². The molecule has 1 heterocycles. The number of rotatable bonds is 2.